The van der Waals surface area contributed by atoms with Crippen LogP contribution in [0.3, 0.4) is 0 Å². The molecule has 4 aromatic rings. The van der Waals surface area contributed by atoms with Crippen molar-refractivity contribution in [1.29, 1.82) is 0 Å². The largest absolute Gasteiger partial charge is 0.487 e. The maximum Gasteiger partial charge on any atom is 0.337 e. The number of hydrogen-bond donors (Lipinski definition) is 1. The van der Waals surface area contributed by atoms with Gasteiger partial charge >= 0.3 is 5.97 Å². The van der Waals surface area contributed by atoms with Gasteiger partial charge in [0.15, 0.2) is 0 Å². The van der Waals surface area contributed by atoms with E-state index in [0.29, 0.717) is 18.8 Å². The molecule has 2 aromatic heterocycles. The molecule has 0 saturated carbocycles. The van der Waals surface area contributed by atoms with Crippen molar-refractivity contribution in [2.45, 2.75) is 18.9 Å². The Balaban J connectivity index is 1.21. The fraction of sp³-hybridized carbons (Fsp3) is 0.185. The summed E-state index contributed by atoms with van der Waals surface area (Å²) in [6.07, 6.45) is 9.44. The Morgan fingerprint density at radius 1 is 0.939 bits per heavy atom. The molecular formula is C27H25N3O3. The molecule has 6 nitrogen and oxygen atoms in total. The molecule has 1 aliphatic rings. The van der Waals surface area contributed by atoms with Gasteiger partial charge in [-0.15, -0.1) is 0 Å². The molecule has 0 unspecified atom stereocenters. The van der Waals surface area contributed by atoms with Gasteiger partial charge in [-0.3, -0.25) is 4.98 Å². The lowest BCUT2D eigenvalue weighted by Gasteiger charge is -2.41. The molecule has 5 rings (SSSR count). The van der Waals surface area contributed by atoms with Gasteiger partial charge in [-0.25, -0.2) is 4.79 Å². The second-order valence-corrected chi connectivity index (χ2v) is 8.22. The summed E-state index contributed by atoms with van der Waals surface area (Å²) in [4.78, 5) is 18.1. The lowest BCUT2D eigenvalue weighted by Crippen LogP contribution is -2.54. The SMILES string of the molecule is O=C(O)c1cccc(N2CC(Oc3ccc(CCc4cccnc4)cc3)C2)c1-n1cccc1. The van der Waals surface area contributed by atoms with E-state index in [4.69, 9.17) is 4.74 Å². The summed E-state index contributed by atoms with van der Waals surface area (Å²) in [5.74, 6) is -0.0767. The first-order valence-electron chi connectivity index (χ1n) is 11.1. The highest BCUT2D eigenvalue weighted by Crippen LogP contribution is 2.32. The first kappa shape index (κ1) is 20.8. The van der Waals surface area contributed by atoms with Crippen LogP contribution in [0.1, 0.15) is 21.5 Å². The highest BCUT2D eigenvalue weighted by molar-refractivity contribution is 5.95. The number of aromatic carboxylic acids is 1. The second-order valence-electron chi connectivity index (χ2n) is 8.22. The number of rotatable bonds is 8. The maximum absolute atomic E-state index is 11.8. The summed E-state index contributed by atoms with van der Waals surface area (Å²) >= 11 is 0. The molecule has 33 heavy (non-hydrogen) atoms. The fourth-order valence-corrected chi connectivity index (χ4v) is 4.19. The average Bonchev–Trinajstić information content (AvgIpc) is 3.35. The van der Waals surface area contributed by atoms with Crippen LogP contribution in [0, 0.1) is 0 Å². The van der Waals surface area contributed by atoms with Crippen LogP contribution in [0.25, 0.3) is 5.69 Å². The van der Waals surface area contributed by atoms with E-state index in [1.807, 2.05) is 59.6 Å². The van der Waals surface area contributed by atoms with Crippen molar-refractivity contribution in [1.82, 2.24) is 9.55 Å². The lowest BCUT2D eigenvalue weighted by molar-refractivity contribution is 0.0697. The molecule has 0 bridgehead atoms. The third-order valence-electron chi connectivity index (χ3n) is 5.95. The molecule has 3 heterocycles. The van der Waals surface area contributed by atoms with Crippen LogP contribution < -0.4 is 9.64 Å². The van der Waals surface area contributed by atoms with E-state index >= 15 is 0 Å². The first-order valence-corrected chi connectivity index (χ1v) is 11.1. The quantitative estimate of drug-likeness (QED) is 0.434. The predicted octanol–water partition coefficient (Wildman–Crippen LogP) is 4.62. The number of carboxylic acid groups (broad SMARTS) is 1. The van der Waals surface area contributed by atoms with Gasteiger partial charge in [0.25, 0.3) is 0 Å². The van der Waals surface area contributed by atoms with E-state index in [-0.39, 0.29) is 11.7 Å². The summed E-state index contributed by atoms with van der Waals surface area (Å²) in [7, 11) is 0. The number of carbonyl (C=O) groups is 1. The Bertz CT molecular complexity index is 1220. The molecule has 0 atom stereocenters. The van der Waals surface area contributed by atoms with Crippen LogP contribution in [0.2, 0.25) is 0 Å². The highest BCUT2D eigenvalue weighted by Gasteiger charge is 2.31. The monoisotopic (exact) mass is 439 g/mol. The van der Waals surface area contributed by atoms with Gasteiger partial charge in [0.1, 0.15) is 11.9 Å². The lowest BCUT2D eigenvalue weighted by atomic mass is 10.0. The normalized spacial score (nSPS) is 13.5. The van der Waals surface area contributed by atoms with Gasteiger partial charge in [0, 0.05) is 24.8 Å². The number of para-hydroxylation sites is 1. The van der Waals surface area contributed by atoms with Crippen molar-refractivity contribution >= 4 is 11.7 Å². The third-order valence-corrected chi connectivity index (χ3v) is 5.95. The molecule has 0 aliphatic carbocycles. The Morgan fingerprint density at radius 3 is 2.39 bits per heavy atom. The van der Waals surface area contributed by atoms with Crippen LogP contribution in [0.15, 0.2) is 91.5 Å². The van der Waals surface area contributed by atoms with Crippen molar-refractivity contribution < 1.29 is 14.6 Å². The van der Waals surface area contributed by atoms with Crippen LogP contribution >= 0.6 is 0 Å². The van der Waals surface area contributed by atoms with E-state index in [9.17, 15) is 9.90 Å². The smallest absolute Gasteiger partial charge is 0.337 e. The van der Waals surface area contributed by atoms with Gasteiger partial charge < -0.3 is 19.3 Å². The fourth-order valence-electron chi connectivity index (χ4n) is 4.19. The molecule has 1 fully saturated rings. The van der Waals surface area contributed by atoms with Crippen LogP contribution in [-0.4, -0.2) is 39.8 Å². The van der Waals surface area contributed by atoms with E-state index < -0.39 is 5.97 Å². The molecule has 1 aliphatic heterocycles. The zero-order chi connectivity index (χ0) is 22.6. The van der Waals surface area contributed by atoms with E-state index in [2.05, 4.69) is 28.1 Å². The minimum atomic E-state index is -0.933. The van der Waals surface area contributed by atoms with Gasteiger partial charge in [-0.05, 0) is 66.4 Å². The zero-order valence-corrected chi connectivity index (χ0v) is 18.2. The van der Waals surface area contributed by atoms with Gasteiger partial charge in [-0.2, -0.15) is 0 Å². The summed E-state index contributed by atoms with van der Waals surface area (Å²) in [6.45, 7) is 1.42. The van der Waals surface area contributed by atoms with Crippen LogP contribution in [0.4, 0.5) is 5.69 Å². The first-order chi connectivity index (χ1) is 16.2. The molecular weight excluding hydrogens is 414 g/mol. The van der Waals surface area contributed by atoms with Crippen molar-refractivity contribution in [3.8, 4) is 11.4 Å². The number of carboxylic acids is 1. The minimum absolute atomic E-state index is 0.0669. The number of benzene rings is 2. The summed E-state index contributed by atoms with van der Waals surface area (Å²) < 4.78 is 8.01. The molecule has 0 spiro atoms. The maximum atomic E-state index is 11.8. The Kier molecular flexibility index (Phi) is 5.81. The molecule has 6 heteroatoms. The molecule has 2 aromatic carbocycles. The number of pyridine rings is 1. The summed E-state index contributed by atoms with van der Waals surface area (Å²) in [5, 5.41) is 9.67. The minimum Gasteiger partial charge on any atom is -0.487 e. The van der Waals surface area contributed by atoms with E-state index in [1.54, 1.807) is 18.3 Å². The van der Waals surface area contributed by atoms with Crippen molar-refractivity contribution in [2.24, 2.45) is 0 Å². The summed E-state index contributed by atoms with van der Waals surface area (Å²) in [6, 6.07) is 21.5. The molecule has 1 N–H and O–H groups in total. The van der Waals surface area contributed by atoms with Gasteiger partial charge in [0.2, 0.25) is 0 Å². The number of nitrogens with zero attached hydrogens (tertiary/aromatic N) is 3. The van der Waals surface area contributed by atoms with Crippen LogP contribution in [0.5, 0.6) is 5.75 Å². The number of anilines is 1. The van der Waals surface area contributed by atoms with Crippen LogP contribution in [-0.2, 0) is 12.8 Å². The standard InChI is InChI=1S/C27H25N3O3/c31-27(32)24-6-3-7-25(26(24)29-15-1-2-16-29)30-18-23(19-30)33-22-12-10-20(11-13-22)8-9-21-5-4-14-28-17-21/h1-7,10-17,23H,8-9,18-19H2,(H,31,32). The second kappa shape index (κ2) is 9.20. The topological polar surface area (TPSA) is 67.6 Å². The number of hydrogen-bond acceptors (Lipinski definition) is 4. The van der Waals surface area contributed by atoms with Crippen molar-refractivity contribution in [3.63, 3.8) is 0 Å². The highest BCUT2D eigenvalue weighted by atomic mass is 16.5. The van der Waals surface area contributed by atoms with Crippen molar-refractivity contribution in [3.05, 3.63) is 108 Å². The molecule has 1 saturated heterocycles. The van der Waals surface area contributed by atoms with Gasteiger partial charge in [0.05, 0.1) is 30.0 Å². The van der Waals surface area contributed by atoms with Gasteiger partial charge in [-0.1, -0.05) is 24.3 Å². The third kappa shape index (κ3) is 4.60. The Morgan fingerprint density at radius 2 is 1.70 bits per heavy atom. The number of aryl methyl sites for hydroxylation is 2. The molecule has 0 amide bonds. The Labute approximate surface area is 192 Å². The Hall–Kier alpha value is -4.06. The van der Waals surface area contributed by atoms with E-state index in [1.165, 1.54) is 11.1 Å². The molecule has 0 radical (unpaired) electrons. The average molecular weight is 440 g/mol. The van der Waals surface area contributed by atoms with E-state index in [0.717, 1.165) is 24.3 Å². The van der Waals surface area contributed by atoms with Crippen molar-refractivity contribution in [2.75, 3.05) is 18.0 Å². The number of ether oxygens (including phenoxy) is 1. The predicted molar refractivity (Wildman–Crippen MR) is 127 cm³/mol. The molecule has 166 valence electrons. The summed E-state index contributed by atoms with van der Waals surface area (Å²) in [5.41, 5.74) is 4.37. The number of aromatic nitrogens is 2. The zero-order valence-electron chi connectivity index (χ0n) is 18.2.